The van der Waals surface area contributed by atoms with Gasteiger partial charge in [0, 0.05) is 0 Å². The molecule has 0 spiro atoms. The van der Waals surface area contributed by atoms with Gasteiger partial charge in [0.1, 0.15) is 0 Å². The van der Waals surface area contributed by atoms with E-state index in [0.29, 0.717) is 0 Å². The summed E-state index contributed by atoms with van der Waals surface area (Å²) in [6, 6.07) is 0. The third-order valence-corrected chi connectivity index (χ3v) is 18.8. The summed E-state index contributed by atoms with van der Waals surface area (Å²) in [6.07, 6.45) is 14.9. The van der Waals surface area contributed by atoms with Crippen molar-refractivity contribution in [3.05, 3.63) is 10.2 Å². The quantitative estimate of drug-likeness (QED) is 0.217. The first kappa shape index (κ1) is 21.5. The number of methoxy groups -OCH3 is 1. The zero-order valence-corrected chi connectivity index (χ0v) is 18.1. The van der Waals surface area contributed by atoms with Crippen LogP contribution in [0.15, 0.2) is 10.2 Å². The number of unbranched alkanes of at least 4 members (excludes halogenated alkanes) is 5. The molecule has 21 heavy (non-hydrogen) atoms. The van der Waals surface area contributed by atoms with Gasteiger partial charge in [0.15, 0.2) is 0 Å². The Labute approximate surface area is 138 Å². The molecule has 0 radical (unpaired) electrons. The summed E-state index contributed by atoms with van der Waals surface area (Å²) >= 11 is -1.97. The summed E-state index contributed by atoms with van der Waals surface area (Å²) in [5.74, 6) is 0. The Morgan fingerprint density at radius 3 is 1.71 bits per heavy atom. The van der Waals surface area contributed by atoms with E-state index in [0.717, 1.165) is 6.61 Å². The molecule has 0 N–H and O–H groups in total. The fourth-order valence-corrected chi connectivity index (χ4v) is 17.6. The molecule has 0 saturated heterocycles. The molecule has 0 atom stereocenters. The number of ether oxygens (including phenoxy) is 1. The molecular formula is C19H40OSn. The van der Waals surface area contributed by atoms with Crippen LogP contribution in [-0.4, -0.2) is 32.1 Å². The Morgan fingerprint density at radius 1 is 0.762 bits per heavy atom. The maximum atomic E-state index is 5.14. The Bertz CT molecular complexity index is 216. The van der Waals surface area contributed by atoms with E-state index in [2.05, 4.69) is 30.9 Å². The van der Waals surface area contributed by atoms with Gasteiger partial charge >= 0.3 is 139 Å². The Hall–Kier alpha value is 0.499. The molecule has 0 heterocycles. The molecule has 126 valence electrons. The number of hydrogen-bond acceptors (Lipinski definition) is 1. The van der Waals surface area contributed by atoms with Crippen LogP contribution in [0.1, 0.15) is 78.6 Å². The molecule has 0 aliphatic carbocycles. The predicted octanol–water partition coefficient (Wildman–Crippen LogP) is 6.75. The van der Waals surface area contributed by atoms with Gasteiger partial charge in [-0.05, 0) is 0 Å². The van der Waals surface area contributed by atoms with E-state index in [9.17, 15) is 0 Å². The van der Waals surface area contributed by atoms with E-state index >= 15 is 0 Å². The fourth-order valence-electron chi connectivity index (χ4n) is 3.05. The molecule has 0 aromatic rings. The van der Waals surface area contributed by atoms with E-state index < -0.39 is 18.4 Å². The third kappa shape index (κ3) is 11.7. The SMILES string of the molecule is CCC[CH2][Sn](/[CH]=C\CCCCOC)([CH2]CCC)[CH2]CCC. The molecule has 1 nitrogen and oxygen atoms in total. The van der Waals surface area contributed by atoms with Crippen LogP contribution in [-0.2, 0) is 4.74 Å². The average molecular weight is 403 g/mol. The predicted molar refractivity (Wildman–Crippen MR) is 99.8 cm³/mol. The summed E-state index contributed by atoms with van der Waals surface area (Å²) in [6.45, 7) is 7.98. The molecule has 0 saturated carbocycles. The van der Waals surface area contributed by atoms with E-state index in [1.807, 2.05) is 0 Å². The van der Waals surface area contributed by atoms with Crippen LogP contribution in [0.5, 0.6) is 0 Å². The first-order valence-corrected chi connectivity index (χ1v) is 17.1. The van der Waals surface area contributed by atoms with Crippen molar-refractivity contribution in [3.8, 4) is 0 Å². The molecule has 0 aliphatic rings. The van der Waals surface area contributed by atoms with Gasteiger partial charge in [0.2, 0.25) is 0 Å². The topological polar surface area (TPSA) is 9.23 Å². The minimum absolute atomic E-state index is 0.920. The second-order valence-electron chi connectivity index (χ2n) is 6.56. The van der Waals surface area contributed by atoms with Crippen LogP contribution in [0.4, 0.5) is 0 Å². The summed E-state index contributed by atoms with van der Waals surface area (Å²) < 4.78 is 12.7. The van der Waals surface area contributed by atoms with Gasteiger partial charge in [-0.2, -0.15) is 0 Å². The van der Waals surface area contributed by atoms with Crippen LogP contribution in [0, 0.1) is 0 Å². The van der Waals surface area contributed by atoms with E-state index in [1.165, 1.54) is 57.8 Å². The van der Waals surface area contributed by atoms with Crippen molar-refractivity contribution >= 4 is 18.4 Å². The van der Waals surface area contributed by atoms with Gasteiger partial charge in [-0.1, -0.05) is 0 Å². The van der Waals surface area contributed by atoms with Gasteiger partial charge in [0.05, 0.1) is 0 Å². The average Bonchev–Trinajstić information content (AvgIpc) is 2.51. The molecule has 2 heteroatoms. The van der Waals surface area contributed by atoms with E-state index in [1.54, 1.807) is 20.4 Å². The van der Waals surface area contributed by atoms with Crippen molar-refractivity contribution in [2.75, 3.05) is 13.7 Å². The molecule has 0 aromatic heterocycles. The molecule has 0 aliphatic heterocycles. The molecule has 0 amide bonds. The monoisotopic (exact) mass is 404 g/mol. The van der Waals surface area contributed by atoms with E-state index in [-0.39, 0.29) is 0 Å². The molecule has 0 rings (SSSR count). The van der Waals surface area contributed by atoms with Crippen LogP contribution >= 0.6 is 0 Å². The number of rotatable bonds is 15. The minimum atomic E-state index is -1.97. The molecule has 0 unspecified atom stereocenters. The zero-order valence-electron chi connectivity index (χ0n) is 15.3. The molecule has 0 aromatic carbocycles. The Balaban J connectivity index is 4.50. The Morgan fingerprint density at radius 2 is 1.29 bits per heavy atom. The summed E-state index contributed by atoms with van der Waals surface area (Å²) in [5, 5.41) is 0. The van der Waals surface area contributed by atoms with Crippen molar-refractivity contribution in [3.63, 3.8) is 0 Å². The van der Waals surface area contributed by atoms with Crippen molar-refractivity contribution in [1.29, 1.82) is 0 Å². The van der Waals surface area contributed by atoms with Gasteiger partial charge in [-0.3, -0.25) is 0 Å². The Kier molecular flexibility index (Phi) is 15.8. The van der Waals surface area contributed by atoms with E-state index in [4.69, 9.17) is 4.74 Å². The molecular weight excluding hydrogens is 363 g/mol. The number of allylic oxidation sites excluding steroid dienone is 1. The third-order valence-electron chi connectivity index (χ3n) is 4.53. The second-order valence-corrected chi connectivity index (χ2v) is 19.6. The van der Waals surface area contributed by atoms with Gasteiger partial charge in [-0.15, -0.1) is 0 Å². The first-order valence-electron chi connectivity index (χ1n) is 9.41. The maximum absolute atomic E-state index is 5.14. The standard InChI is InChI=1S/C7H13O.3C4H9.Sn/c1-3-4-5-6-7-8-2;3*1-3-4-2;/h1,3H,4-7H2,2H3;3*1,3-4H2,2H3;. The van der Waals surface area contributed by atoms with Gasteiger partial charge < -0.3 is 0 Å². The molecule has 0 fully saturated rings. The first-order chi connectivity index (χ1) is 10.2. The van der Waals surface area contributed by atoms with Crippen LogP contribution in [0.3, 0.4) is 0 Å². The second kappa shape index (κ2) is 15.4. The van der Waals surface area contributed by atoms with Crippen LogP contribution in [0.2, 0.25) is 13.3 Å². The van der Waals surface area contributed by atoms with Crippen molar-refractivity contribution in [2.45, 2.75) is 91.9 Å². The number of hydrogen-bond donors (Lipinski definition) is 0. The fraction of sp³-hybridized carbons (Fsp3) is 0.895. The van der Waals surface area contributed by atoms with Crippen LogP contribution < -0.4 is 0 Å². The van der Waals surface area contributed by atoms with Gasteiger partial charge in [0.25, 0.3) is 0 Å². The normalized spacial score (nSPS) is 12.4. The summed E-state index contributed by atoms with van der Waals surface area (Å²) in [5.41, 5.74) is 0. The molecule has 0 bridgehead atoms. The summed E-state index contributed by atoms with van der Waals surface area (Å²) in [7, 11) is 1.80. The zero-order chi connectivity index (χ0) is 15.8. The van der Waals surface area contributed by atoms with Crippen LogP contribution in [0.25, 0.3) is 0 Å². The van der Waals surface area contributed by atoms with Crippen molar-refractivity contribution in [2.24, 2.45) is 0 Å². The van der Waals surface area contributed by atoms with Gasteiger partial charge in [-0.25, -0.2) is 0 Å². The van der Waals surface area contributed by atoms with Crippen molar-refractivity contribution in [1.82, 2.24) is 0 Å². The summed E-state index contributed by atoms with van der Waals surface area (Å²) in [4.78, 5) is 0. The van der Waals surface area contributed by atoms with Crippen molar-refractivity contribution < 1.29 is 4.74 Å².